The minimum absolute atomic E-state index is 0.0167. The molecule has 0 aromatic heterocycles. The molecule has 3 heterocycles. The molecule has 0 bridgehead atoms. The van der Waals surface area contributed by atoms with E-state index in [-0.39, 0.29) is 48.2 Å². The second-order valence-electron chi connectivity index (χ2n) is 8.71. The summed E-state index contributed by atoms with van der Waals surface area (Å²) in [5, 5.41) is 7.63. The number of nitrogens with one attached hydrogen (secondary N) is 1. The van der Waals surface area contributed by atoms with Gasteiger partial charge in [0.05, 0.1) is 24.5 Å². The van der Waals surface area contributed by atoms with Gasteiger partial charge in [0.2, 0.25) is 11.8 Å². The molecule has 0 spiro atoms. The topological polar surface area (TPSA) is 99.7 Å². The van der Waals surface area contributed by atoms with Gasteiger partial charge in [-0.15, -0.1) is 0 Å². The fourth-order valence-corrected chi connectivity index (χ4v) is 5.69. The summed E-state index contributed by atoms with van der Waals surface area (Å²) in [4.78, 5) is 30.6. The largest absolute Gasteiger partial charge is 0.384 e. The number of imide groups is 1. The summed E-state index contributed by atoms with van der Waals surface area (Å²) in [6, 6.07) is 12.8. The van der Waals surface area contributed by atoms with Crippen LogP contribution in [0.15, 0.2) is 48.5 Å². The maximum absolute atomic E-state index is 13.6. The lowest BCUT2D eigenvalue weighted by molar-refractivity contribution is -0.142. The van der Waals surface area contributed by atoms with Gasteiger partial charge in [0.15, 0.2) is 0 Å². The van der Waals surface area contributed by atoms with Gasteiger partial charge in [-0.3, -0.25) is 24.8 Å². The van der Waals surface area contributed by atoms with Crippen molar-refractivity contribution in [3.05, 3.63) is 71.0 Å². The lowest BCUT2D eigenvalue weighted by atomic mass is 9.84. The van der Waals surface area contributed by atoms with Crippen molar-refractivity contribution in [2.45, 2.75) is 31.2 Å². The molecule has 0 saturated carbocycles. The summed E-state index contributed by atoms with van der Waals surface area (Å²) in [6.45, 7) is 0.874. The van der Waals surface area contributed by atoms with E-state index in [2.05, 4.69) is 4.90 Å². The Kier molecular flexibility index (Phi) is 5.06. The van der Waals surface area contributed by atoms with Crippen LogP contribution in [-0.4, -0.2) is 53.3 Å². The predicted molar refractivity (Wildman–Crippen MR) is 115 cm³/mol. The van der Waals surface area contributed by atoms with E-state index in [1.54, 1.807) is 31.4 Å². The smallest absolute Gasteiger partial charge is 0.235 e. The number of carbonyl (C=O) groups is 2. The molecule has 0 aliphatic carbocycles. The van der Waals surface area contributed by atoms with Gasteiger partial charge in [-0.2, -0.15) is 0 Å². The Morgan fingerprint density at radius 1 is 1.09 bits per heavy atom. The third-order valence-corrected chi connectivity index (χ3v) is 7.11. The lowest BCUT2D eigenvalue weighted by Gasteiger charge is -2.29. The second kappa shape index (κ2) is 7.79. The summed E-state index contributed by atoms with van der Waals surface area (Å²) in [7, 11) is 1.65. The Hall–Kier alpha value is -3.10. The fraction of sp³-hybridized carbons (Fsp3) is 0.375. The van der Waals surface area contributed by atoms with E-state index in [1.807, 2.05) is 12.1 Å². The number of rotatable bonds is 5. The highest BCUT2D eigenvalue weighted by Crippen LogP contribution is 2.53. The van der Waals surface area contributed by atoms with Crippen LogP contribution in [0.25, 0.3) is 0 Å². The molecule has 5 rings (SSSR count). The number of nitrogens with zero attached hydrogens (tertiary/aromatic N) is 2. The van der Waals surface area contributed by atoms with E-state index in [9.17, 15) is 14.0 Å². The third-order valence-electron chi connectivity index (χ3n) is 7.11. The average molecular weight is 436 g/mol. The molecule has 5 atom stereocenters. The average Bonchev–Trinajstić information content (AvgIpc) is 3.41. The molecule has 3 aliphatic rings. The van der Waals surface area contributed by atoms with Gasteiger partial charge in [-0.1, -0.05) is 36.4 Å². The molecule has 2 aromatic carbocycles. The summed E-state index contributed by atoms with van der Waals surface area (Å²) >= 11 is 0. The number of amides is 2. The predicted octanol–water partition coefficient (Wildman–Crippen LogP) is 2.06. The number of carbonyl (C=O) groups excluding carboxylic acids is 2. The van der Waals surface area contributed by atoms with E-state index in [0.717, 1.165) is 18.5 Å². The van der Waals surface area contributed by atoms with Crippen molar-refractivity contribution in [3.63, 3.8) is 0 Å². The van der Waals surface area contributed by atoms with Crippen LogP contribution < -0.4 is 5.73 Å². The van der Waals surface area contributed by atoms with Crippen LogP contribution in [0.2, 0.25) is 0 Å². The van der Waals surface area contributed by atoms with Gasteiger partial charge >= 0.3 is 0 Å². The van der Waals surface area contributed by atoms with E-state index in [1.165, 1.54) is 17.0 Å². The molecule has 3 N–H and O–H groups in total. The quantitative estimate of drug-likeness (QED) is 0.425. The number of methoxy groups -OCH3 is 1. The first-order valence-electron chi connectivity index (χ1n) is 10.7. The van der Waals surface area contributed by atoms with Crippen LogP contribution in [0.4, 0.5) is 4.39 Å². The Morgan fingerprint density at radius 3 is 2.38 bits per heavy atom. The number of fused-ring (bicyclic) bond motifs is 3. The van der Waals surface area contributed by atoms with Crippen molar-refractivity contribution < 1.29 is 18.7 Å². The lowest BCUT2D eigenvalue weighted by Crippen LogP contribution is -2.42. The SMILES string of the molecule is CO[C@@H]1CCN2[C@H]1[C@@H]1C(=O)N(Cc3ccc(F)cc3)C(=O)[C@@H]1[C@@H]2c1ccc(C(=N)N)cc1. The molecule has 2 aromatic rings. The number of ether oxygens (including phenoxy) is 1. The molecular weight excluding hydrogens is 411 g/mol. The zero-order valence-electron chi connectivity index (χ0n) is 17.7. The van der Waals surface area contributed by atoms with E-state index in [0.29, 0.717) is 11.1 Å². The van der Waals surface area contributed by atoms with E-state index in [4.69, 9.17) is 15.9 Å². The highest BCUT2D eigenvalue weighted by Gasteiger charge is 2.65. The number of nitrogens with two attached hydrogens (primary N) is 1. The van der Waals surface area contributed by atoms with Gasteiger partial charge in [0, 0.05) is 31.3 Å². The number of hydrogen-bond acceptors (Lipinski definition) is 5. The van der Waals surface area contributed by atoms with Crippen molar-refractivity contribution in [1.29, 1.82) is 5.41 Å². The summed E-state index contributed by atoms with van der Waals surface area (Å²) in [6.07, 6.45) is 0.679. The second-order valence-corrected chi connectivity index (χ2v) is 8.71. The zero-order valence-corrected chi connectivity index (χ0v) is 17.7. The maximum atomic E-state index is 13.6. The first kappa shape index (κ1) is 20.8. The molecule has 2 amide bonds. The molecule has 0 radical (unpaired) electrons. The molecule has 7 nitrogen and oxygen atoms in total. The fourth-order valence-electron chi connectivity index (χ4n) is 5.69. The van der Waals surface area contributed by atoms with Gasteiger partial charge in [0.1, 0.15) is 11.7 Å². The summed E-state index contributed by atoms with van der Waals surface area (Å²) in [5.74, 6) is -1.75. The standard InChI is InChI=1S/C24H25FN4O3/c1-32-17-10-11-28-20(14-4-6-15(7-5-14)22(26)27)18-19(21(17)28)24(31)29(23(18)30)12-13-2-8-16(25)9-3-13/h2-9,17-21H,10-12H2,1H3,(H3,26,27)/t17-,18+,19-,20+,21-/m1/s1. The Morgan fingerprint density at radius 2 is 1.75 bits per heavy atom. The molecule has 3 fully saturated rings. The van der Waals surface area contributed by atoms with E-state index < -0.39 is 11.8 Å². The number of benzene rings is 2. The van der Waals surface area contributed by atoms with Crippen LogP contribution in [0, 0.1) is 23.1 Å². The summed E-state index contributed by atoms with van der Waals surface area (Å²) < 4.78 is 19.0. The van der Waals surface area contributed by atoms with Gasteiger partial charge < -0.3 is 10.5 Å². The minimum Gasteiger partial charge on any atom is -0.384 e. The monoisotopic (exact) mass is 436 g/mol. The molecule has 3 saturated heterocycles. The van der Waals surface area contributed by atoms with Crippen LogP contribution >= 0.6 is 0 Å². The number of amidine groups is 1. The van der Waals surface area contributed by atoms with Gasteiger partial charge in [-0.05, 0) is 29.7 Å². The Bertz CT molecular complexity index is 1070. The highest BCUT2D eigenvalue weighted by atomic mass is 19.1. The van der Waals surface area contributed by atoms with Crippen LogP contribution in [-0.2, 0) is 20.9 Å². The maximum Gasteiger partial charge on any atom is 0.235 e. The first-order chi connectivity index (χ1) is 15.4. The molecule has 8 heteroatoms. The highest BCUT2D eigenvalue weighted by molar-refractivity contribution is 6.06. The summed E-state index contributed by atoms with van der Waals surface area (Å²) in [5.41, 5.74) is 7.84. The number of likely N-dealkylation sites (tertiary alicyclic amines) is 1. The number of hydrogen-bond donors (Lipinski definition) is 2. The van der Waals surface area contributed by atoms with Crippen molar-refractivity contribution in [1.82, 2.24) is 9.80 Å². The Labute approximate surface area is 185 Å². The normalized spacial score (nSPS) is 29.4. The third kappa shape index (κ3) is 3.13. The van der Waals surface area contributed by atoms with Crippen molar-refractivity contribution >= 4 is 17.6 Å². The zero-order chi connectivity index (χ0) is 22.6. The Balaban J connectivity index is 1.51. The number of halogens is 1. The first-order valence-corrected chi connectivity index (χ1v) is 10.7. The molecular formula is C24H25FN4O3. The van der Waals surface area contributed by atoms with E-state index >= 15 is 0 Å². The minimum atomic E-state index is -0.505. The van der Waals surface area contributed by atoms with Gasteiger partial charge in [0.25, 0.3) is 0 Å². The molecule has 0 unspecified atom stereocenters. The van der Waals surface area contributed by atoms with Crippen molar-refractivity contribution in [3.8, 4) is 0 Å². The molecule has 166 valence electrons. The van der Waals surface area contributed by atoms with Gasteiger partial charge in [-0.25, -0.2) is 4.39 Å². The molecule has 32 heavy (non-hydrogen) atoms. The molecule has 3 aliphatic heterocycles. The van der Waals surface area contributed by atoms with Crippen molar-refractivity contribution in [2.24, 2.45) is 17.6 Å². The van der Waals surface area contributed by atoms with Crippen LogP contribution in [0.1, 0.15) is 29.2 Å². The number of nitrogen functional groups attached to an aromatic ring is 1. The van der Waals surface area contributed by atoms with Crippen molar-refractivity contribution in [2.75, 3.05) is 13.7 Å². The van der Waals surface area contributed by atoms with Crippen LogP contribution in [0.3, 0.4) is 0 Å². The van der Waals surface area contributed by atoms with Crippen LogP contribution in [0.5, 0.6) is 0 Å².